The van der Waals surface area contributed by atoms with Crippen LogP contribution in [0.4, 0.5) is 16.2 Å². The van der Waals surface area contributed by atoms with E-state index in [1.54, 1.807) is 42.5 Å². The second kappa shape index (κ2) is 8.01. The second-order valence-corrected chi connectivity index (χ2v) is 6.69. The number of amides is 2. The van der Waals surface area contributed by atoms with Crippen LogP contribution in [0.3, 0.4) is 0 Å². The molecule has 0 aliphatic carbocycles. The van der Waals surface area contributed by atoms with E-state index in [0.717, 1.165) is 17.3 Å². The predicted molar refractivity (Wildman–Crippen MR) is 107 cm³/mol. The number of nitro groups is 1. The largest absolute Gasteiger partial charge is 0.298 e. The van der Waals surface area contributed by atoms with Crippen LogP contribution >= 0.6 is 11.8 Å². The Morgan fingerprint density at radius 1 is 1.11 bits per heavy atom. The van der Waals surface area contributed by atoms with Gasteiger partial charge in [-0.3, -0.25) is 19.7 Å². The first-order valence-corrected chi connectivity index (χ1v) is 9.10. The van der Waals surface area contributed by atoms with E-state index in [1.807, 2.05) is 19.1 Å². The first-order chi connectivity index (χ1) is 13.0. The highest BCUT2D eigenvalue weighted by Crippen LogP contribution is 2.36. The molecule has 7 heteroatoms. The summed E-state index contributed by atoms with van der Waals surface area (Å²) in [6, 6.07) is 13.6. The van der Waals surface area contributed by atoms with Crippen molar-refractivity contribution < 1.29 is 14.5 Å². The molecular formula is C20H16N2O4S. The van der Waals surface area contributed by atoms with Crippen molar-refractivity contribution in [3.8, 4) is 0 Å². The highest BCUT2D eigenvalue weighted by molar-refractivity contribution is 8.18. The Morgan fingerprint density at radius 3 is 2.56 bits per heavy atom. The van der Waals surface area contributed by atoms with Crippen molar-refractivity contribution in [2.75, 3.05) is 4.90 Å². The summed E-state index contributed by atoms with van der Waals surface area (Å²) in [5, 5.41) is 10.7. The fourth-order valence-corrected chi connectivity index (χ4v) is 3.54. The number of aryl methyl sites for hydroxylation is 1. The Bertz CT molecular complexity index is 981. The molecule has 1 saturated heterocycles. The standard InChI is InChI=1S/C20H16N2O4S/c1-2-14-8-3-5-11-16(14)21-19(23)18(27-20(21)24)13-7-10-15-9-4-6-12-17(15)22(25)26/h3-13H,2H2,1H3/b10-7+,18-13-. The van der Waals surface area contributed by atoms with Crippen molar-refractivity contribution in [1.82, 2.24) is 0 Å². The van der Waals surface area contributed by atoms with Crippen LogP contribution in [0.2, 0.25) is 0 Å². The minimum atomic E-state index is -0.463. The Kier molecular flexibility index (Phi) is 5.52. The smallest absolute Gasteiger partial charge is 0.268 e. The zero-order valence-corrected chi connectivity index (χ0v) is 15.3. The molecule has 0 aromatic heterocycles. The molecule has 1 aliphatic rings. The van der Waals surface area contributed by atoms with E-state index >= 15 is 0 Å². The molecule has 0 radical (unpaired) electrons. The van der Waals surface area contributed by atoms with Crippen molar-refractivity contribution in [3.05, 3.63) is 86.8 Å². The number of allylic oxidation sites excluding steroid dienone is 2. The lowest BCUT2D eigenvalue weighted by Gasteiger charge is -2.16. The number of nitrogens with zero attached hydrogens (tertiary/aromatic N) is 2. The minimum Gasteiger partial charge on any atom is -0.268 e. The molecule has 2 amide bonds. The SMILES string of the molecule is CCc1ccccc1N1C(=O)S/C(=C\C=C\c2ccccc2[N+](=O)[O-])C1=O. The number of nitro benzene ring substituents is 1. The number of hydrogen-bond acceptors (Lipinski definition) is 5. The summed E-state index contributed by atoms with van der Waals surface area (Å²) in [5.74, 6) is -0.391. The van der Waals surface area contributed by atoms with E-state index in [2.05, 4.69) is 0 Å². The molecule has 0 saturated carbocycles. The normalized spacial score (nSPS) is 15.9. The van der Waals surface area contributed by atoms with Gasteiger partial charge in [0, 0.05) is 6.07 Å². The monoisotopic (exact) mass is 380 g/mol. The number of anilines is 1. The van der Waals surface area contributed by atoms with Gasteiger partial charge < -0.3 is 0 Å². The summed E-state index contributed by atoms with van der Waals surface area (Å²) in [7, 11) is 0. The van der Waals surface area contributed by atoms with Gasteiger partial charge in [0.2, 0.25) is 0 Å². The molecule has 0 atom stereocenters. The van der Waals surface area contributed by atoms with Gasteiger partial charge in [-0.25, -0.2) is 4.90 Å². The summed E-state index contributed by atoms with van der Waals surface area (Å²) in [4.78, 5) is 37.1. The Morgan fingerprint density at radius 2 is 1.81 bits per heavy atom. The lowest BCUT2D eigenvalue weighted by atomic mass is 10.1. The molecular weight excluding hydrogens is 364 g/mol. The first kappa shape index (κ1) is 18.6. The third-order valence-electron chi connectivity index (χ3n) is 4.06. The maximum Gasteiger partial charge on any atom is 0.298 e. The topological polar surface area (TPSA) is 80.5 Å². The molecule has 2 aromatic rings. The maximum absolute atomic E-state index is 12.7. The van der Waals surface area contributed by atoms with Gasteiger partial charge in [0.25, 0.3) is 16.8 Å². The lowest BCUT2D eigenvalue weighted by Crippen LogP contribution is -2.28. The molecule has 27 heavy (non-hydrogen) atoms. The quantitative estimate of drug-likeness (QED) is 0.416. The third kappa shape index (κ3) is 3.83. The number of para-hydroxylation sites is 2. The predicted octanol–water partition coefficient (Wildman–Crippen LogP) is 4.95. The molecule has 2 aromatic carbocycles. The average molecular weight is 380 g/mol. The zero-order valence-electron chi connectivity index (χ0n) is 14.5. The van der Waals surface area contributed by atoms with E-state index in [9.17, 15) is 19.7 Å². The molecule has 0 bridgehead atoms. The van der Waals surface area contributed by atoms with Crippen molar-refractivity contribution in [3.63, 3.8) is 0 Å². The summed E-state index contributed by atoms with van der Waals surface area (Å²) in [5.41, 5.74) is 1.91. The first-order valence-electron chi connectivity index (χ1n) is 8.29. The van der Waals surface area contributed by atoms with E-state index in [1.165, 1.54) is 17.0 Å². The number of hydrogen-bond donors (Lipinski definition) is 0. The highest BCUT2D eigenvalue weighted by atomic mass is 32.2. The third-order valence-corrected chi connectivity index (χ3v) is 4.95. The number of carbonyl (C=O) groups excluding carboxylic acids is 2. The Balaban J connectivity index is 1.86. The summed E-state index contributed by atoms with van der Waals surface area (Å²) in [6.07, 6.45) is 5.31. The van der Waals surface area contributed by atoms with Crippen LogP contribution in [0.25, 0.3) is 6.08 Å². The molecule has 6 nitrogen and oxygen atoms in total. The van der Waals surface area contributed by atoms with Crippen molar-refractivity contribution in [2.24, 2.45) is 0 Å². The van der Waals surface area contributed by atoms with Crippen molar-refractivity contribution in [1.29, 1.82) is 0 Å². The minimum absolute atomic E-state index is 0.0212. The maximum atomic E-state index is 12.7. The molecule has 1 aliphatic heterocycles. The van der Waals surface area contributed by atoms with E-state index in [-0.39, 0.29) is 15.8 Å². The van der Waals surface area contributed by atoms with Crippen LogP contribution in [-0.4, -0.2) is 16.1 Å². The molecule has 1 heterocycles. The van der Waals surface area contributed by atoms with Crippen molar-refractivity contribution >= 4 is 40.4 Å². The molecule has 0 spiro atoms. The summed E-state index contributed by atoms with van der Waals surface area (Å²) >= 11 is 0.855. The van der Waals surface area contributed by atoms with Crippen LogP contribution in [-0.2, 0) is 11.2 Å². The van der Waals surface area contributed by atoms with E-state index < -0.39 is 10.8 Å². The van der Waals surface area contributed by atoms with Gasteiger partial charge in [-0.15, -0.1) is 0 Å². The Hall–Kier alpha value is -3.19. The molecule has 136 valence electrons. The number of carbonyl (C=O) groups is 2. The summed E-state index contributed by atoms with van der Waals surface area (Å²) < 4.78 is 0. The van der Waals surface area contributed by atoms with Crippen LogP contribution in [0.1, 0.15) is 18.1 Å². The van der Waals surface area contributed by atoms with Crippen LogP contribution in [0.15, 0.2) is 65.6 Å². The van der Waals surface area contributed by atoms with E-state index in [0.29, 0.717) is 17.7 Å². The Labute approximate surface area is 160 Å². The van der Waals surface area contributed by atoms with Gasteiger partial charge in [-0.1, -0.05) is 43.3 Å². The van der Waals surface area contributed by atoms with Gasteiger partial charge in [-0.05, 0) is 48.0 Å². The molecule has 1 fully saturated rings. The van der Waals surface area contributed by atoms with Gasteiger partial charge in [0.1, 0.15) is 0 Å². The highest BCUT2D eigenvalue weighted by Gasteiger charge is 2.36. The number of rotatable bonds is 5. The van der Waals surface area contributed by atoms with Crippen LogP contribution in [0, 0.1) is 10.1 Å². The average Bonchev–Trinajstić information content (AvgIpc) is 2.95. The van der Waals surface area contributed by atoms with Crippen LogP contribution < -0.4 is 4.90 Å². The van der Waals surface area contributed by atoms with Crippen LogP contribution in [0.5, 0.6) is 0 Å². The van der Waals surface area contributed by atoms with Gasteiger partial charge in [0.05, 0.1) is 21.1 Å². The van der Waals surface area contributed by atoms with Gasteiger partial charge in [0.15, 0.2) is 0 Å². The van der Waals surface area contributed by atoms with Gasteiger partial charge >= 0.3 is 0 Å². The number of benzene rings is 2. The van der Waals surface area contributed by atoms with Gasteiger partial charge in [-0.2, -0.15) is 0 Å². The molecule has 0 unspecified atom stereocenters. The zero-order chi connectivity index (χ0) is 19.4. The molecule has 3 rings (SSSR count). The lowest BCUT2D eigenvalue weighted by molar-refractivity contribution is -0.385. The van der Waals surface area contributed by atoms with E-state index in [4.69, 9.17) is 0 Å². The number of imide groups is 1. The fourth-order valence-electron chi connectivity index (χ4n) is 2.75. The summed E-state index contributed by atoms with van der Waals surface area (Å²) in [6.45, 7) is 1.96. The number of thioether (sulfide) groups is 1. The van der Waals surface area contributed by atoms with Crippen molar-refractivity contribution in [2.45, 2.75) is 13.3 Å². The molecule has 0 N–H and O–H groups in total. The fraction of sp³-hybridized carbons (Fsp3) is 0.100. The second-order valence-electron chi connectivity index (χ2n) is 5.70.